The van der Waals surface area contributed by atoms with Gasteiger partial charge in [0.25, 0.3) is 0 Å². The summed E-state index contributed by atoms with van der Waals surface area (Å²) in [4.78, 5) is 16.3. The standard InChI is InChI=1S/C15H21N3O3/c1-10(2)12(15(19)20-4)17-13(11-6-5-9-21-11)14-16-7-8-18(14)3/h5-10,12-13,17H,1-4H3/t12-,13?/m0/s1. The molecule has 6 nitrogen and oxygen atoms in total. The zero-order valence-corrected chi connectivity index (χ0v) is 12.7. The fraction of sp³-hybridized carbons (Fsp3) is 0.467. The number of furan rings is 1. The molecule has 0 saturated carbocycles. The van der Waals surface area contributed by atoms with Crippen molar-refractivity contribution in [3.8, 4) is 0 Å². The summed E-state index contributed by atoms with van der Waals surface area (Å²) in [5.74, 6) is 1.27. The Labute approximate surface area is 124 Å². The number of hydrogen-bond acceptors (Lipinski definition) is 5. The van der Waals surface area contributed by atoms with Crippen LogP contribution in [0.25, 0.3) is 0 Å². The third kappa shape index (κ3) is 3.33. The Morgan fingerprint density at radius 3 is 2.71 bits per heavy atom. The molecule has 1 unspecified atom stereocenters. The molecular weight excluding hydrogens is 270 g/mol. The molecule has 0 bridgehead atoms. The lowest BCUT2D eigenvalue weighted by atomic mass is 10.0. The van der Waals surface area contributed by atoms with E-state index in [-0.39, 0.29) is 17.9 Å². The van der Waals surface area contributed by atoms with Crippen LogP contribution in [0.3, 0.4) is 0 Å². The minimum absolute atomic E-state index is 0.0789. The highest BCUT2D eigenvalue weighted by molar-refractivity contribution is 5.76. The van der Waals surface area contributed by atoms with Gasteiger partial charge in [-0.15, -0.1) is 0 Å². The molecule has 21 heavy (non-hydrogen) atoms. The number of esters is 1. The summed E-state index contributed by atoms with van der Waals surface area (Å²) >= 11 is 0. The first kappa shape index (κ1) is 15.3. The van der Waals surface area contributed by atoms with Crippen molar-refractivity contribution in [1.29, 1.82) is 0 Å². The van der Waals surface area contributed by atoms with Crippen LogP contribution in [0, 0.1) is 5.92 Å². The van der Waals surface area contributed by atoms with Crippen molar-refractivity contribution in [2.45, 2.75) is 25.9 Å². The number of hydrogen-bond donors (Lipinski definition) is 1. The van der Waals surface area contributed by atoms with Gasteiger partial charge in [-0.05, 0) is 18.1 Å². The molecule has 2 aromatic rings. The summed E-state index contributed by atoms with van der Waals surface area (Å²) < 4.78 is 12.3. The third-order valence-corrected chi connectivity index (χ3v) is 3.41. The number of carbonyl (C=O) groups is 1. The van der Waals surface area contributed by atoms with Crippen molar-refractivity contribution in [2.75, 3.05) is 7.11 Å². The molecule has 114 valence electrons. The van der Waals surface area contributed by atoms with Gasteiger partial charge in [-0.1, -0.05) is 13.8 Å². The average molecular weight is 291 g/mol. The molecule has 6 heteroatoms. The van der Waals surface area contributed by atoms with Gasteiger partial charge < -0.3 is 13.7 Å². The average Bonchev–Trinajstić information content (AvgIpc) is 3.11. The molecule has 0 radical (unpaired) electrons. The van der Waals surface area contributed by atoms with Crippen molar-refractivity contribution in [3.63, 3.8) is 0 Å². The summed E-state index contributed by atoms with van der Waals surface area (Å²) in [6.45, 7) is 3.93. The zero-order chi connectivity index (χ0) is 15.4. The summed E-state index contributed by atoms with van der Waals surface area (Å²) in [6, 6.07) is 2.92. The van der Waals surface area contributed by atoms with Gasteiger partial charge in [0.2, 0.25) is 0 Å². The van der Waals surface area contributed by atoms with Crippen LogP contribution in [-0.4, -0.2) is 28.7 Å². The predicted octanol–water partition coefficient (Wildman–Crippen LogP) is 1.89. The maximum Gasteiger partial charge on any atom is 0.323 e. The summed E-state index contributed by atoms with van der Waals surface area (Å²) in [5.41, 5.74) is 0. The van der Waals surface area contributed by atoms with E-state index in [4.69, 9.17) is 9.15 Å². The highest BCUT2D eigenvalue weighted by atomic mass is 16.5. The van der Waals surface area contributed by atoms with Crippen LogP contribution in [0.2, 0.25) is 0 Å². The molecule has 2 atom stereocenters. The maximum atomic E-state index is 12.0. The number of methoxy groups -OCH3 is 1. The van der Waals surface area contributed by atoms with Gasteiger partial charge in [-0.2, -0.15) is 0 Å². The van der Waals surface area contributed by atoms with E-state index in [9.17, 15) is 4.79 Å². The molecule has 0 saturated heterocycles. The number of imidazole rings is 1. The Balaban J connectivity index is 2.33. The SMILES string of the molecule is COC(=O)[C@@H](NC(c1ccco1)c1nccn1C)C(C)C. The van der Waals surface area contributed by atoms with Crippen molar-refractivity contribution < 1.29 is 13.9 Å². The second-order valence-electron chi connectivity index (χ2n) is 5.26. The normalized spacial score (nSPS) is 14.1. The van der Waals surface area contributed by atoms with Gasteiger partial charge in [0, 0.05) is 19.4 Å². The quantitative estimate of drug-likeness (QED) is 0.823. The van der Waals surface area contributed by atoms with Gasteiger partial charge in [-0.3, -0.25) is 10.1 Å². The van der Waals surface area contributed by atoms with E-state index in [0.29, 0.717) is 5.76 Å². The van der Waals surface area contributed by atoms with E-state index < -0.39 is 6.04 Å². The summed E-state index contributed by atoms with van der Waals surface area (Å²) in [7, 11) is 3.30. The second-order valence-corrected chi connectivity index (χ2v) is 5.26. The Hall–Kier alpha value is -2.08. The van der Waals surface area contributed by atoms with Crippen LogP contribution in [0.5, 0.6) is 0 Å². The van der Waals surface area contributed by atoms with Gasteiger partial charge in [0.15, 0.2) is 0 Å². The molecule has 0 aromatic carbocycles. The van der Waals surface area contributed by atoms with E-state index in [1.165, 1.54) is 7.11 Å². The van der Waals surface area contributed by atoms with Crippen LogP contribution < -0.4 is 5.32 Å². The molecule has 0 fully saturated rings. The Kier molecular flexibility index (Phi) is 4.80. The Bertz CT molecular complexity index is 575. The molecule has 2 rings (SSSR count). The number of rotatable bonds is 6. The van der Waals surface area contributed by atoms with Crippen LogP contribution in [0.15, 0.2) is 35.2 Å². The topological polar surface area (TPSA) is 69.3 Å². The van der Waals surface area contributed by atoms with Crippen molar-refractivity contribution in [2.24, 2.45) is 13.0 Å². The van der Waals surface area contributed by atoms with E-state index >= 15 is 0 Å². The van der Waals surface area contributed by atoms with Gasteiger partial charge in [-0.25, -0.2) is 4.98 Å². The van der Waals surface area contributed by atoms with Gasteiger partial charge in [0.05, 0.1) is 13.4 Å². The first-order valence-corrected chi connectivity index (χ1v) is 6.89. The molecule has 2 aromatic heterocycles. The molecular formula is C15H21N3O3. The molecule has 0 aliphatic carbocycles. The van der Waals surface area contributed by atoms with E-state index in [0.717, 1.165) is 5.82 Å². The van der Waals surface area contributed by atoms with E-state index in [2.05, 4.69) is 10.3 Å². The minimum atomic E-state index is -0.443. The fourth-order valence-electron chi connectivity index (χ4n) is 2.23. The molecule has 1 N–H and O–H groups in total. The first-order chi connectivity index (χ1) is 10.0. The van der Waals surface area contributed by atoms with Crippen LogP contribution in [0.4, 0.5) is 0 Å². The van der Waals surface area contributed by atoms with E-state index in [1.807, 2.05) is 43.8 Å². The van der Waals surface area contributed by atoms with Gasteiger partial charge in [0.1, 0.15) is 23.7 Å². The highest BCUT2D eigenvalue weighted by Crippen LogP contribution is 2.23. The van der Waals surface area contributed by atoms with Gasteiger partial charge >= 0.3 is 5.97 Å². The summed E-state index contributed by atoms with van der Waals surface area (Å²) in [5, 5.41) is 3.30. The second kappa shape index (κ2) is 6.58. The largest absolute Gasteiger partial charge is 0.468 e. The van der Waals surface area contributed by atoms with Crippen LogP contribution >= 0.6 is 0 Å². The van der Waals surface area contributed by atoms with Crippen LogP contribution in [-0.2, 0) is 16.6 Å². The molecule has 0 spiro atoms. The maximum absolute atomic E-state index is 12.0. The lowest BCUT2D eigenvalue weighted by molar-refractivity contribution is -0.144. The van der Waals surface area contributed by atoms with Crippen molar-refractivity contribution in [3.05, 3.63) is 42.4 Å². The van der Waals surface area contributed by atoms with Crippen molar-refractivity contribution in [1.82, 2.24) is 14.9 Å². The number of nitrogens with zero attached hydrogens (tertiary/aromatic N) is 2. The highest BCUT2D eigenvalue weighted by Gasteiger charge is 2.30. The smallest absolute Gasteiger partial charge is 0.323 e. The first-order valence-electron chi connectivity index (χ1n) is 6.89. The van der Waals surface area contributed by atoms with Crippen molar-refractivity contribution >= 4 is 5.97 Å². The molecule has 2 heterocycles. The number of carbonyl (C=O) groups excluding carboxylic acids is 1. The predicted molar refractivity (Wildman–Crippen MR) is 77.5 cm³/mol. The lowest BCUT2D eigenvalue weighted by Gasteiger charge is -2.25. The number of nitrogens with one attached hydrogen (secondary N) is 1. The lowest BCUT2D eigenvalue weighted by Crippen LogP contribution is -2.44. The Morgan fingerprint density at radius 1 is 1.48 bits per heavy atom. The van der Waals surface area contributed by atoms with Crippen LogP contribution in [0.1, 0.15) is 31.5 Å². The Morgan fingerprint density at radius 2 is 2.24 bits per heavy atom. The number of aromatic nitrogens is 2. The number of aryl methyl sites for hydroxylation is 1. The fourth-order valence-corrected chi connectivity index (χ4v) is 2.23. The third-order valence-electron chi connectivity index (χ3n) is 3.41. The molecule has 0 aliphatic heterocycles. The summed E-state index contributed by atoms with van der Waals surface area (Å²) in [6.07, 6.45) is 5.18. The number of ether oxygens (including phenoxy) is 1. The molecule has 0 amide bonds. The zero-order valence-electron chi connectivity index (χ0n) is 12.7. The molecule has 0 aliphatic rings. The van der Waals surface area contributed by atoms with E-state index in [1.54, 1.807) is 12.5 Å². The minimum Gasteiger partial charge on any atom is -0.468 e. The monoisotopic (exact) mass is 291 g/mol.